The largest absolute Gasteiger partial charge is 0.493 e. The van der Waals surface area contributed by atoms with Crippen LogP contribution in [0, 0.1) is 70.8 Å². The summed E-state index contributed by atoms with van der Waals surface area (Å²) >= 11 is 0. The number of hydrogen-bond acceptors (Lipinski definition) is 24. The Morgan fingerprint density at radius 3 is 1.09 bits per heavy atom. The monoisotopic (exact) mass is 2030 g/mol. The van der Waals surface area contributed by atoms with Gasteiger partial charge >= 0.3 is 0 Å². The number of aryl methyl sites for hydroxylation is 1. The second-order valence-corrected chi connectivity index (χ2v) is 33.5. The number of ketones is 6. The molecule has 0 saturated carbocycles. The fourth-order valence-electron chi connectivity index (χ4n) is 16.2. The van der Waals surface area contributed by atoms with Crippen LogP contribution in [-0.4, -0.2) is 227 Å². The maximum Gasteiger partial charge on any atom is 0.161 e. The van der Waals surface area contributed by atoms with Gasteiger partial charge in [-0.05, 0) is 251 Å². The number of piperidine rings is 6. The summed E-state index contributed by atoms with van der Waals surface area (Å²) in [5.41, 5.74) is -7.00. The summed E-state index contributed by atoms with van der Waals surface area (Å²) in [7, 11) is -12.4. The molecular weight excluding hydrogens is 1780 g/mol. The van der Waals surface area contributed by atoms with E-state index in [-0.39, 0.29) is 83.2 Å². The van der Waals surface area contributed by atoms with Crippen LogP contribution in [0.5, 0.6) is 69.0 Å². The molecule has 6 saturated heterocycles. The van der Waals surface area contributed by atoms with E-state index in [1.807, 2.05) is 13.8 Å². The minimum absolute atomic E-state index is 0.0283. The normalized spacial score (nSPS) is 45.0. The number of fused-ring (bicyclic) bond motifs is 18. The van der Waals surface area contributed by atoms with Crippen molar-refractivity contribution in [3.05, 3.63) is 139 Å². The zero-order valence-electron chi connectivity index (χ0n) is 167. The second kappa shape index (κ2) is 50.0. The zero-order chi connectivity index (χ0) is 179. The molecular formula is C117H168N6O18. The fourth-order valence-corrected chi connectivity index (χ4v) is 16.2. The number of rotatable bonds is 27. The van der Waals surface area contributed by atoms with Crippen LogP contribution in [-0.2, 0) is 67.1 Å². The molecule has 18 rings (SSSR count). The van der Waals surface area contributed by atoms with Gasteiger partial charge in [-0.2, -0.15) is 0 Å². The van der Waals surface area contributed by atoms with E-state index in [0.29, 0.717) is 41.9 Å². The minimum atomic E-state index is -4.21. The average molecular weight is 2040 g/mol. The summed E-state index contributed by atoms with van der Waals surface area (Å²) in [5.74, 6) is -43.5. The van der Waals surface area contributed by atoms with Crippen LogP contribution in [0.1, 0.15) is 402 Å². The first kappa shape index (κ1) is 41.9. The fraction of sp³-hybridized carbons (Fsp3) is 0.641. The molecule has 12 aliphatic heterocycles. The highest BCUT2D eigenvalue weighted by Crippen LogP contribution is 2.51. The Labute approximate surface area is 966 Å². The number of methoxy groups -OCH3 is 12. The first-order valence-corrected chi connectivity index (χ1v) is 43.9. The van der Waals surface area contributed by atoms with Gasteiger partial charge in [-0.15, -0.1) is 0 Å². The molecule has 12 aliphatic rings. The van der Waals surface area contributed by atoms with Crippen molar-refractivity contribution in [3.8, 4) is 69.0 Å². The highest BCUT2D eigenvalue weighted by atomic mass is 16.5. The van der Waals surface area contributed by atoms with Gasteiger partial charge in [-0.3, -0.25) is 58.2 Å². The highest BCUT2D eigenvalue weighted by molar-refractivity contribution is 5.86. The smallest absolute Gasteiger partial charge is 0.161 e. The Morgan fingerprint density at radius 2 is 0.667 bits per heavy atom. The molecule has 15 unspecified atom stereocenters. The van der Waals surface area contributed by atoms with Gasteiger partial charge in [0.1, 0.15) is 34.7 Å². The Bertz CT molecular complexity index is 9670. The van der Waals surface area contributed by atoms with Crippen LogP contribution in [0.3, 0.4) is 0 Å². The maximum absolute atomic E-state index is 14.0. The van der Waals surface area contributed by atoms with E-state index in [9.17, 15) is 31.5 Å². The van der Waals surface area contributed by atoms with Crippen LogP contribution in [0.4, 0.5) is 0 Å². The lowest BCUT2D eigenvalue weighted by Gasteiger charge is -2.43. The quantitative estimate of drug-likeness (QED) is 0.0466. The van der Waals surface area contributed by atoms with Crippen molar-refractivity contribution >= 4 is 34.7 Å². The Morgan fingerprint density at radius 1 is 0.340 bits per heavy atom. The van der Waals surface area contributed by atoms with Crippen molar-refractivity contribution < 1.29 is 206 Å². The van der Waals surface area contributed by atoms with E-state index in [2.05, 4.69) is 0 Å². The number of carbonyl (C=O) groups is 6. The molecule has 24 heteroatoms. The van der Waals surface area contributed by atoms with Crippen LogP contribution in [0.15, 0.2) is 72.6 Å². The molecule has 141 heavy (non-hydrogen) atoms. The van der Waals surface area contributed by atoms with Gasteiger partial charge in [-0.25, -0.2) is 0 Å². The molecule has 15 atom stereocenters. The summed E-state index contributed by atoms with van der Waals surface area (Å²) in [6.45, 7) is -23.2. The number of hydrogen-bond donors (Lipinski definition) is 0. The molecule has 0 N–H and O–H groups in total. The molecule has 6 aromatic rings. The van der Waals surface area contributed by atoms with Gasteiger partial charge in [0.15, 0.2) is 69.0 Å². The summed E-state index contributed by atoms with van der Waals surface area (Å²) in [5, 5.41) is 0. The lowest BCUT2D eigenvalue weighted by molar-refractivity contribution is -0.130. The molecule has 0 radical (unpaired) electrons. The molecule has 0 bridgehead atoms. The third kappa shape index (κ3) is 25.6. The van der Waals surface area contributed by atoms with E-state index in [4.69, 9.17) is 175 Å². The van der Waals surface area contributed by atoms with E-state index < -0.39 is 528 Å². The zero-order valence-corrected chi connectivity index (χ0v) is 79.4. The lowest BCUT2D eigenvalue weighted by Crippen LogP contribution is -2.46. The van der Waals surface area contributed by atoms with Gasteiger partial charge in [0.2, 0.25) is 0 Å². The number of carbonyl (C=O) groups excluding carboxylic acids is 6. The standard InChI is InChI=1S/3C20H29NO3.3C19H27NO3/c3*1-5-13(2)8-15-12-21-7-6-14-9-19(23-3)20(24-4)10-16(14)17(21)11-18(15)22;3*1-12(2)7-14-11-20-6-5-13-8-18(22-3)19(23-4)9-15(13)16(20)10-17(14)21/h3*9-10,13,15,17H,5-8,11-12H2,1-4H3;3*8-9,12,14,16H,5-7,10-11H2,1-4H3/i2D3,3D3,5D2,6D2,7D2,8D2,9D,10D,11D2,13D,15D,17D;2D3,3D3,5D2,8D2,9D,10D,11D2,12D2,13D,15D;2D3,3D3,5D2,6D2,7D2,8D2,9D,10D,13D,17D;3D3,8D,9D,10D2,11D2,14D;3D3,5D2,6D2,10D2,14D,16D;3D3,5D2,6D2,8D,9D,16D. The Hall–Kier alpha value is -9.30. The molecule has 6 aromatic carbocycles. The predicted molar refractivity (Wildman–Crippen MR) is 555 cm³/mol. The molecule has 0 amide bonds. The number of benzene rings is 6. The summed E-state index contributed by atoms with van der Waals surface area (Å²) in [4.78, 5) is 84.4. The molecule has 0 aromatic heterocycles. The van der Waals surface area contributed by atoms with E-state index in [1.54, 1.807) is 27.7 Å². The van der Waals surface area contributed by atoms with Crippen LogP contribution >= 0.6 is 0 Å². The van der Waals surface area contributed by atoms with Crippen molar-refractivity contribution in [1.82, 2.24) is 29.4 Å². The summed E-state index contributed by atoms with van der Waals surface area (Å²) in [6.07, 6.45) is -50.0. The third-order valence-electron chi connectivity index (χ3n) is 22.9. The van der Waals surface area contributed by atoms with Crippen LogP contribution in [0.25, 0.3) is 0 Å². The van der Waals surface area contributed by atoms with Gasteiger partial charge in [-0.1, -0.05) is 102 Å². The lowest BCUT2D eigenvalue weighted by atomic mass is 9.79. The molecule has 6 fully saturated rings. The number of ether oxygens (including phenoxy) is 12. The topological polar surface area (TPSA) is 233 Å². The average Bonchev–Trinajstić information content (AvgIpc) is 0.646. The number of Topliss-reactive ketones (excluding diaryl/α,β-unsaturated/α-hetero) is 6. The van der Waals surface area contributed by atoms with Crippen molar-refractivity contribution in [2.75, 3.05) is 163 Å². The van der Waals surface area contributed by atoms with Gasteiger partial charge < -0.3 is 56.8 Å². The molecule has 24 nitrogen and oxygen atoms in total. The molecule has 0 spiro atoms. The second-order valence-electron chi connectivity index (χ2n) is 33.5. The predicted octanol–water partition coefficient (Wildman–Crippen LogP) is 20.6. The van der Waals surface area contributed by atoms with Crippen molar-refractivity contribution in [2.45, 2.75) is 253 Å². The van der Waals surface area contributed by atoms with Crippen LogP contribution < -0.4 is 56.8 Å². The summed E-state index contributed by atoms with van der Waals surface area (Å²) in [6, 6.07) is -21.4. The molecule has 774 valence electrons. The van der Waals surface area contributed by atoms with E-state index in [1.165, 1.54) is 0 Å². The number of nitrogens with zero attached hydrogens (tertiary/aromatic N) is 6. The molecule has 12 heterocycles. The highest BCUT2D eigenvalue weighted by Gasteiger charge is 2.47. The van der Waals surface area contributed by atoms with Crippen molar-refractivity contribution in [3.63, 3.8) is 0 Å². The first-order chi connectivity index (χ1) is 102. The minimum Gasteiger partial charge on any atom is -0.493 e. The summed E-state index contributed by atoms with van der Waals surface area (Å²) < 4.78 is 789. The van der Waals surface area contributed by atoms with E-state index >= 15 is 0 Å². The van der Waals surface area contributed by atoms with Gasteiger partial charge in [0.25, 0.3) is 0 Å². The SMILES string of the molecule is [2H]C([2H])([2H])Oc1cc2c(cc1OC)C1([2H])N(CC([2H])(CC(C)C)C(=O)C1([2H])[2H])C([2H])([2H])C2([2H])[2H].[2H]c1c(OC([2H])([2H])[2H])c(OC)c([2H])c2c1C([2H])([2H])C([2H])([2H])N1CC([2H])(C([2H])([2H])C([2H])(C([2H])([2H])[2H])C([2H])([2H])C)C(=O)C([2H])([2H])C21[2H].[2H]c1c(OC)c(OC([2H])([2H])[2H])c([2H])c2c1C1([2H])CC(=O)C(C([2H])([2H])C([2H])(C([2H])([2H])[2H])C([2H])([2H])C)CN1C([2H])([2H])C2([2H])[2H].[2H]c1c(OC)c(OC([2H])([2H])[2H])c([2H])c2c1C1([2H])CC(=O)C(CC(C)C)CN1C([2H])([2H])C2([2H])[2H].[2H]c1c2c(c([2H])c(OC)c1OC([2H])([2H])[2H])C1N(CC2)C([2H])([2H])C([2H])(C([2H])([2H])C([2H])(C([2H])([2H])[2H])C([2H])([2H])C)C(=O)C1([2H])[2H].[2H]c1c2c(c([2H])c(OC)c1OC([2H])([2H])[2H])C1N(CC2)C([2H])([2H])C([2H])(CC(C)C)C(=O)C1([2H])[2H]. The molecule has 0 aliphatic carbocycles. The van der Waals surface area contributed by atoms with Gasteiger partial charge in [0, 0.05) is 265 Å². The third-order valence-corrected chi connectivity index (χ3v) is 22.9. The van der Waals surface area contributed by atoms with Crippen LogP contribution in [0.2, 0.25) is 0 Å². The van der Waals surface area contributed by atoms with Crippen molar-refractivity contribution in [2.24, 2.45) is 70.8 Å². The van der Waals surface area contributed by atoms with Crippen molar-refractivity contribution in [1.29, 1.82) is 0 Å². The van der Waals surface area contributed by atoms with Gasteiger partial charge in [0.05, 0.1) is 129 Å². The Kier molecular flexibility index (Phi) is 14.9. The Balaban J connectivity index is 0.000000218. The maximum atomic E-state index is 14.0. The first-order valence-electron chi connectivity index (χ1n) is 87.9. The van der Waals surface area contributed by atoms with E-state index in [0.717, 1.165) is 64.6 Å².